The maximum Gasteiger partial charge on any atom is 0.246 e. The van der Waals surface area contributed by atoms with Crippen LogP contribution in [0.25, 0.3) is 0 Å². The Bertz CT molecular complexity index is 729. The number of hydrogen-bond acceptors (Lipinski definition) is 5. The molecule has 2 aromatic heterocycles. The van der Waals surface area contributed by atoms with Crippen LogP contribution in [0.1, 0.15) is 35.8 Å². The molecule has 0 amide bonds. The van der Waals surface area contributed by atoms with Crippen molar-refractivity contribution in [1.29, 1.82) is 0 Å². The third-order valence-corrected chi connectivity index (χ3v) is 6.28. The number of nitrogens with zero attached hydrogens (tertiary/aromatic N) is 4. The first-order valence-electron chi connectivity index (χ1n) is 7.28. The van der Waals surface area contributed by atoms with E-state index in [2.05, 4.69) is 20.2 Å². The van der Waals surface area contributed by atoms with Gasteiger partial charge < -0.3 is 0 Å². The SMILES string of the molecule is Cc1n[nH]c(C)c1S(=O)(=O)N1CCC(c2cnccn2)CC1. The second-order valence-corrected chi connectivity index (χ2v) is 7.45. The Morgan fingerprint density at radius 3 is 2.50 bits per heavy atom. The Labute approximate surface area is 129 Å². The first-order valence-corrected chi connectivity index (χ1v) is 8.72. The molecule has 0 aromatic carbocycles. The molecule has 0 bridgehead atoms. The highest BCUT2D eigenvalue weighted by Crippen LogP contribution is 2.30. The van der Waals surface area contributed by atoms with E-state index < -0.39 is 10.0 Å². The molecule has 118 valence electrons. The zero-order chi connectivity index (χ0) is 15.7. The summed E-state index contributed by atoms with van der Waals surface area (Å²) in [6, 6.07) is 0. The van der Waals surface area contributed by atoms with Crippen LogP contribution in [0.5, 0.6) is 0 Å². The Hall–Kier alpha value is -1.80. The number of nitrogens with one attached hydrogen (secondary N) is 1. The summed E-state index contributed by atoms with van der Waals surface area (Å²) in [5.74, 6) is 0.270. The van der Waals surface area contributed by atoms with Crippen molar-refractivity contribution in [2.75, 3.05) is 13.1 Å². The number of H-pyrrole nitrogens is 1. The normalized spacial score (nSPS) is 17.7. The lowest BCUT2D eigenvalue weighted by molar-refractivity contribution is 0.316. The molecule has 1 fully saturated rings. The molecule has 3 heterocycles. The van der Waals surface area contributed by atoms with E-state index in [4.69, 9.17) is 0 Å². The summed E-state index contributed by atoms with van der Waals surface area (Å²) in [4.78, 5) is 8.72. The topological polar surface area (TPSA) is 91.8 Å². The van der Waals surface area contributed by atoms with E-state index in [0.717, 1.165) is 18.5 Å². The molecule has 0 aliphatic carbocycles. The number of rotatable bonds is 3. The quantitative estimate of drug-likeness (QED) is 0.922. The van der Waals surface area contributed by atoms with Crippen LogP contribution in [-0.4, -0.2) is 46.0 Å². The minimum absolute atomic E-state index is 0.270. The van der Waals surface area contributed by atoms with Gasteiger partial charge in [0.1, 0.15) is 4.90 Å². The lowest BCUT2D eigenvalue weighted by Crippen LogP contribution is -2.38. The molecule has 2 aromatic rings. The summed E-state index contributed by atoms with van der Waals surface area (Å²) in [5, 5.41) is 6.73. The lowest BCUT2D eigenvalue weighted by atomic mass is 9.95. The predicted octanol–water partition coefficient (Wildman–Crippen LogP) is 1.38. The highest BCUT2D eigenvalue weighted by Gasteiger charge is 2.33. The van der Waals surface area contributed by atoms with Crippen molar-refractivity contribution in [2.24, 2.45) is 0 Å². The molecule has 0 radical (unpaired) electrons. The van der Waals surface area contributed by atoms with Gasteiger partial charge in [0.2, 0.25) is 10.0 Å². The molecule has 0 unspecified atom stereocenters. The Morgan fingerprint density at radius 2 is 1.95 bits per heavy atom. The van der Waals surface area contributed by atoms with Crippen LogP contribution < -0.4 is 0 Å². The molecule has 8 heteroatoms. The summed E-state index contributed by atoms with van der Waals surface area (Å²) in [6.07, 6.45) is 6.60. The van der Waals surface area contributed by atoms with Gasteiger partial charge in [-0.2, -0.15) is 9.40 Å². The average molecular weight is 321 g/mol. The smallest absolute Gasteiger partial charge is 0.246 e. The van der Waals surface area contributed by atoms with E-state index in [0.29, 0.717) is 29.4 Å². The molecule has 1 saturated heterocycles. The van der Waals surface area contributed by atoms with Crippen molar-refractivity contribution in [1.82, 2.24) is 24.5 Å². The van der Waals surface area contributed by atoms with Gasteiger partial charge in [0.15, 0.2) is 0 Å². The number of aromatic amines is 1. The van der Waals surface area contributed by atoms with Gasteiger partial charge in [-0.25, -0.2) is 8.42 Å². The Kier molecular flexibility index (Phi) is 3.96. The summed E-state index contributed by atoms with van der Waals surface area (Å²) in [7, 11) is -3.48. The molecule has 0 spiro atoms. The highest BCUT2D eigenvalue weighted by molar-refractivity contribution is 7.89. The minimum atomic E-state index is -3.48. The van der Waals surface area contributed by atoms with Crippen LogP contribution in [0, 0.1) is 13.8 Å². The fourth-order valence-corrected chi connectivity index (χ4v) is 4.76. The zero-order valence-corrected chi connectivity index (χ0v) is 13.5. The molecule has 0 atom stereocenters. The fourth-order valence-electron chi connectivity index (χ4n) is 2.96. The van der Waals surface area contributed by atoms with Gasteiger partial charge in [-0.1, -0.05) is 0 Å². The monoisotopic (exact) mass is 321 g/mol. The fraction of sp³-hybridized carbons (Fsp3) is 0.500. The number of aryl methyl sites for hydroxylation is 2. The molecule has 1 aliphatic rings. The van der Waals surface area contributed by atoms with Gasteiger partial charge in [0.25, 0.3) is 0 Å². The highest BCUT2D eigenvalue weighted by atomic mass is 32.2. The summed E-state index contributed by atoms with van der Waals surface area (Å²) in [5.41, 5.74) is 2.05. The van der Waals surface area contributed by atoms with Gasteiger partial charge in [-0.15, -0.1) is 0 Å². The molecule has 0 saturated carbocycles. The number of hydrogen-bond donors (Lipinski definition) is 1. The first kappa shape index (κ1) is 15.1. The number of piperidine rings is 1. The summed E-state index contributed by atoms with van der Waals surface area (Å²) >= 11 is 0. The van der Waals surface area contributed by atoms with Crippen LogP contribution >= 0.6 is 0 Å². The molecule has 1 aliphatic heterocycles. The van der Waals surface area contributed by atoms with E-state index in [1.165, 1.54) is 0 Å². The molecule has 7 nitrogen and oxygen atoms in total. The van der Waals surface area contributed by atoms with E-state index in [1.807, 2.05) is 0 Å². The van der Waals surface area contributed by atoms with Crippen LogP contribution in [0.3, 0.4) is 0 Å². The second-order valence-electron chi connectivity index (χ2n) is 5.57. The Morgan fingerprint density at radius 1 is 1.23 bits per heavy atom. The van der Waals surface area contributed by atoms with Crippen molar-refractivity contribution in [3.63, 3.8) is 0 Å². The molecule has 1 N–H and O–H groups in total. The van der Waals surface area contributed by atoms with E-state index in [-0.39, 0.29) is 5.92 Å². The molecular formula is C14H19N5O2S. The predicted molar refractivity (Wildman–Crippen MR) is 80.8 cm³/mol. The molecule has 22 heavy (non-hydrogen) atoms. The maximum atomic E-state index is 12.8. The minimum Gasteiger partial charge on any atom is -0.281 e. The first-order chi connectivity index (χ1) is 10.5. The summed E-state index contributed by atoms with van der Waals surface area (Å²) < 4.78 is 27.1. The Balaban J connectivity index is 1.76. The van der Waals surface area contributed by atoms with Crippen molar-refractivity contribution in [3.8, 4) is 0 Å². The molecule has 3 rings (SSSR count). The van der Waals surface area contributed by atoms with Crippen molar-refractivity contribution in [2.45, 2.75) is 37.5 Å². The number of aromatic nitrogens is 4. The van der Waals surface area contributed by atoms with Crippen molar-refractivity contribution in [3.05, 3.63) is 35.7 Å². The third kappa shape index (κ3) is 2.64. The van der Waals surface area contributed by atoms with Crippen LogP contribution in [0.15, 0.2) is 23.5 Å². The average Bonchev–Trinajstić information content (AvgIpc) is 2.88. The van der Waals surface area contributed by atoms with Gasteiger partial charge in [0.05, 0.1) is 17.1 Å². The van der Waals surface area contributed by atoms with Crippen LogP contribution in [0.2, 0.25) is 0 Å². The van der Waals surface area contributed by atoms with Gasteiger partial charge in [-0.05, 0) is 26.7 Å². The van der Waals surface area contributed by atoms with Crippen LogP contribution in [0.4, 0.5) is 0 Å². The third-order valence-electron chi connectivity index (χ3n) is 4.11. The zero-order valence-electron chi connectivity index (χ0n) is 12.7. The second kappa shape index (κ2) is 5.77. The van der Waals surface area contributed by atoms with Gasteiger partial charge in [-0.3, -0.25) is 15.1 Å². The largest absolute Gasteiger partial charge is 0.281 e. The maximum absolute atomic E-state index is 12.8. The van der Waals surface area contributed by atoms with Crippen LogP contribution in [-0.2, 0) is 10.0 Å². The van der Waals surface area contributed by atoms with Gasteiger partial charge in [0, 0.05) is 37.6 Å². The van der Waals surface area contributed by atoms with E-state index in [9.17, 15) is 8.42 Å². The number of sulfonamides is 1. The summed E-state index contributed by atoms with van der Waals surface area (Å²) in [6.45, 7) is 4.43. The van der Waals surface area contributed by atoms with Crippen molar-refractivity contribution < 1.29 is 8.42 Å². The van der Waals surface area contributed by atoms with E-state index in [1.54, 1.807) is 36.7 Å². The molecular weight excluding hydrogens is 302 g/mol. The standard InChI is InChI=1S/C14H19N5O2S/c1-10-14(11(2)18-17-10)22(20,21)19-7-3-12(4-8-19)13-9-15-5-6-16-13/h5-6,9,12H,3-4,7-8H2,1-2H3,(H,17,18). The van der Waals surface area contributed by atoms with Gasteiger partial charge >= 0.3 is 0 Å². The van der Waals surface area contributed by atoms with Crippen molar-refractivity contribution >= 4 is 10.0 Å². The lowest BCUT2D eigenvalue weighted by Gasteiger charge is -2.30. The van der Waals surface area contributed by atoms with E-state index >= 15 is 0 Å².